The van der Waals surface area contributed by atoms with Crippen molar-refractivity contribution < 1.29 is 14.3 Å². The molecule has 0 spiro atoms. The highest BCUT2D eigenvalue weighted by Crippen LogP contribution is 2.07. The van der Waals surface area contributed by atoms with Crippen LogP contribution >= 0.6 is 11.3 Å². The van der Waals surface area contributed by atoms with Crippen molar-refractivity contribution in [2.75, 3.05) is 11.9 Å². The topological polar surface area (TPSA) is 90.3 Å². The van der Waals surface area contributed by atoms with Crippen LogP contribution in [0, 0.1) is 0 Å². The minimum absolute atomic E-state index is 0.160. The van der Waals surface area contributed by atoms with Crippen LogP contribution in [0.1, 0.15) is 17.4 Å². The third-order valence-electron chi connectivity index (χ3n) is 2.52. The highest BCUT2D eigenvalue weighted by atomic mass is 32.1. The Bertz CT molecular complexity index is 694. The van der Waals surface area contributed by atoms with E-state index in [2.05, 4.69) is 10.3 Å². The number of rotatable bonds is 5. The van der Waals surface area contributed by atoms with E-state index in [9.17, 15) is 14.4 Å². The molecule has 0 saturated carbocycles. The molecule has 0 radical (unpaired) electrons. The summed E-state index contributed by atoms with van der Waals surface area (Å²) < 4.78 is 5.97. The van der Waals surface area contributed by atoms with Gasteiger partial charge in [-0.25, -0.2) is 4.98 Å². The summed E-state index contributed by atoms with van der Waals surface area (Å²) in [6.07, 6.45) is 1.43. The lowest BCUT2D eigenvalue weighted by molar-refractivity contribution is -0.143. The van der Waals surface area contributed by atoms with Crippen LogP contribution < -0.4 is 10.9 Å². The third-order valence-corrected chi connectivity index (χ3v) is 3.11. The molecule has 0 fully saturated rings. The molecular formula is C13H13N3O4S. The van der Waals surface area contributed by atoms with Crippen LogP contribution in [0.25, 0.3) is 0 Å². The number of hydrogen-bond donors (Lipinski definition) is 1. The van der Waals surface area contributed by atoms with Crippen molar-refractivity contribution in [2.24, 2.45) is 0 Å². The van der Waals surface area contributed by atoms with Crippen LogP contribution in [-0.2, 0) is 16.1 Å². The van der Waals surface area contributed by atoms with E-state index >= 15 is 0 Å². The molecule has 2 rings (SSSR count). The molecule has 21 heavy (non-hydrogen) atoms. The highest BCUT2D eigenvalue weighted by molar-refractivity contribution is 7.07. The minimum Gasteiger partial charge on any atom is -0.465 e. The molecule has 1 amide bonds. The first kappa shape index (κ1) is 14.9. The number of carbonyl (C=O) groups excluding carboxylic acids is 2. The summed E-state index contributed by atoms with van der Waals surface area (Å²) in [5.41, 5.74) is 1.78. The van der Waals surface area contributed by atoms with E-state index in [0.717, 1.165) is 0 Å². The zero-order valence-corrected chi connectivity index (χ0v) is 12.1. The van der Waals surface area contributed by atoms with Crippen molar-refractivity contribution >= 4 is 28.9 Å². The lowest BCUT2D eigenvalue weighted by Gasteiger charge is -2.07. The number of amides is 1. The Labute approximate surface area is 124 Å². The second-order valence-electron chi connectivity index (χ2n) is 4.01. The number of anilines is 1. The zero-order chi connectivity index (χ0) is 15.2. The summed E-state index contributed by atoms with van der Waals surface area (Å²) in [7, 11) is 0. The van der Waals surface area contributed by atoms with Gasteiger partial charge in [-0.2, -0.15) is 0 Å². The van der Waals surface area contributed by atoms with Crippen LogP contribution in [0.15, 0.2) is 34.0 Å². The van der Waals surface area contributed by atoms with Gasteiger partial charge in [0.1, 0.15) is 12.2 Å². The molecule has 8 heteroatoms. The Hall–Kier alpha value is -2.48. The fourth-order valence-electron chi connectivity index (χ4n) is 1.58. The van der Waals surface area contributed by atoms with Crippen molar-refractivity contribution in [1.82, 2.24) is 9.55 Å². The molecule has 0 aliphatic carbocycles. The van der Waals surface area contributed by atoms with E-state index in [1.807, 2.05) is 0 Å². The Morgan fingerprint density at radius 2 is 2.29 bits per heavy atom. The summed E-state index contributed by atoms with van der Waals surface area (Å²) in [6.45, 7) is 1.79. The molecule has 0 unspecified atom stereocenters. The molecule has 110 valence electrons. The fourth-order valence-corrected chi connectivity index (χ4v) is 2.11. The Morgan fingerprint density at radius 1 is 1.48 bits per heavy atom. The van der Waals surface area contributed by atoms with Gasteiger partial charge in [-0.05, 0) is 13.0 Å². The third kappa shape index (κ3) is 3.99. The largest absolute Gasteiger partial charge is 0.465 e. The number of esters is 1. The van der Waals surface area contributed by atoms with Crippen LogP contribution in [0.4, 0.5) is 5.69 Å². The Balaban J connectivity index is 2.07. The normalized spacial score (nSPS) is 10.1. The second-order valence-corrected chi connectivity index (χ2v) is 4.73. The van der Waals surface area contributed by atoms with Crippen molar-refractivity contribution in [3.05, 3.63) is 45.3 Å². The molecule has 0 saturated heterocycles. The molecule has 7 nitrogen and oxygen atoms in total. The number of nitrogens with zero attached hydrogens (tertiary/aromatic N) is 2. The first-order chi connectivity index (χ1) is 10.1. The molecule has 0 aliphatic heterocycles. The van der Waals surface area contributed by atoms with Gasteiger partial charge in [0.25, 0.3) is 11.5 Å². The fraction of sp³-hybridized carbons (Fsp3) is 0.231. The van der Waals surface area contributed by atoms with Gasteiger partial charge in [0.15, 0.2) is 0 Å². The molecule has 0 aromatic carbocycles. The summed E-state index contributed by atoms with van der Waals surface area (Å²) in [5.74, 6) is -0.877. The monoisotopic (exact) mass is 307 g/mol. The number of thiazole rings is 1. The van der Waals surface area contributed by atoms with E-state index in [0.29, 0.717) is 5.69 Å². The highest BCUT2D eigenvalue weighted by Gasteiger charge is 2.10. The lowest BCUT2D eigenvalue weighted by Crippen LogP contribution is -2.25. The lowest BCUT2D eigenvalue weighted by atomic mass is 10.3. The smallest absolute Gasteiger partial charge is 0.326 e. The second kappa shape index (κ2) is 6.80. The van der Waals surface area contributed by atoms with Crippen molar-refractivity contribution in [3.63, 3.8) is 0 Å². The molecule has 0 aliphatic rings. The van der Waals surface area contributed by atoms with E-state index in [1.165, 1.54) is 34.2 Å². The number of ether oxygens (including phenoxy) is 1. The minimum atomic E-state index is -0.487. The zero-order valence-electron chi connectivity index (χ0n) is 11.2. The van der Waals surface area contributed by atoms with Crippen molar-refractivity contribution in [1.29, 1.82) is 0 Å². The SMILES string of the molecule is CCOC(=O)Cn1ccc(NC(=O)c2cscn2)cc1=O. The van der Waals surface area contributed by atoms with Gasteiger partial charge in [-0.3, -0.25) is 14.4 Å². The van der Waals surface area contributed by atoms with Crippen LogP contribution in [0.5, 0.6) is 0 Å². The maximum absolute atomic E-state index is 11.8. The van der Waals surface area contributed by atoms with Crippen LogP contribution in [-0.4, -0.2) is 28.0 Å². The predicted octanol–water partition coefficient (Wildman–Crippen LogP) is 1.12. The van der Waals surface area contributed by atoms with Crippen LogP contribution in [0.3, 0.4) is 0 Å². The average Bonchev–Trinajstić information content (AvgIpc) is 2.96. The molecule has 2 aromatic rings. The van der Waals surface area contributed by atoms with Gasteiger partial charge < -0.3 is 14.6 Å². The van der Waals surface area contributed by atoms with E-state index in [4.69, 9.17) is 4.74 Å². The molecule has 2 heterocycles. The first-order valence-corrected chi connectivity index (χ1v) is 7.10. The van der Waals surface area contributed by atoms with Crippen molar-refractivity contribution in [3.8, 4) is 0 Å². The maximum Gasteiger partial charge on any atom is 0.326 e. The Kier molecular flexibility index (Phi) is 4.83. The summed E-state index contributed by atoms with van der Waals surface area (Å²) in [6, 6.07) is 2.77. The van der Waals surface area contributed by atoms with Gasteiger partial charge in [0.05, 0.1) is 12.1 Å². The van der Waals surface area contributed by atoms with Gasteiger partial charge in [0.2, 0.25) is 0 Å². The predicted molar refractivity (Wildman–Crippen MR) is 77.4 cm³/mol. The molecule has 0 atom stereocenters. The Morgan fingerprint density at radius 3 is 2.90 bits per heavy atom. The maximum atomic E-state index is 11.8. The van der Waals surface area contributed by atoms with Gasteiger partial charge in [0, 0.05) is 23.3 Å². The van der Waals surface area contributed by atoms with Gasteiger partial charge in [-0.15, -0.1) is 11.3 Å². The number of nitrogens with one attached hydrogen (secondary N) is 1. The van der Waals surface area contributed by atoms with E-state index < -0.39 is 17.4 Å². The van der Waals surface area contributed by atoms with Gasteiger partial charge in [-0.1, -0.05) is 0 Å². The number of hydrogen-bond acceptors (Lipinski definition) is 6. The van der Waals surface area contributed by atoms with E-state index in [1.54, 1.807) is 17.8 Å². The average molecular weight is 307 g/mol. The van der Waals surface area contributed by atoms with Crippen molar-refractivity contribution in [2.45, 2.75) is 13.5 Å². The molecule has 0 bridgehead atoms. The molecular weight excluding hydrogens is 294 g/mol. The quantitative estimate of drug-likeness (QED) is 0.836. The molecule has 2 aromatic heterocycles. The van der Waals surface area contributed by atoms with E-state index in [-0.39, 0.29) is 18.8 Å². The summed E-state index contributed by atoms with van der Waals surface area (Å²) in [4.78, 5) is 38.8. The molecule has 1 N–H and O–H groups in total. The van der Waals surface area contributed by atoms with Gasteiger partial charge >= 0.3 is 5.97 Å². The first-order valence-electron chi connectivity index (χ1n) is 6.16. The summed E-state index contributed by atoms with van der Waals surface area (Å²) >= 11 is 1.31. The van der Waals surface area contributed by atoms with Crippen LogP contribution in [0.2, 0.25) is 0 Å². The standard InChI is InChI=1S/C13H13N3O4S/c1-2-20-12(18)6-16-4-3-9(5-11(16)17)15-13(19)10-7-21-8-14-10/h3-5,7-8H,2,6H2,1H3,(H,15,19). The summed E-state index contributed by atoms with van der Waals surface area (Å²) in [5, 5.41) is 4.18. The number of carbonyl (C=O) groups is 2. The number of pyridine rings is 1. The number of aromatic nitrogens is 2.